The highest BCUT2D eigenvalue weighted by Crippen LogP contribution is 2.32. The van der Waals surface area contributed by atoms with Crippen molar-refractivity contribution in [3.8, 4) is 0 Å². The molecule has 0 atom stereocenters. The van der Waals surface area contributed by atoms with Crippen LogP contribution in [0, 0.1) is 0 Å². The second-order valence-corrected chi connectivity index (χ2v) is 6.08. The number of rotatable bonds is 5. The second-order valence-electron chi connectivity index (χ2n) is 6.08. The van der Waals surface area contributed by atoms with Gasteiger partial charge in [-0.05, 0) is 23.8 Å². The molecule has 0 saturated heterocycles. The first kappa shape index (κ1) is 18.0. The van der Waals surface area contributed by atoms with E-state index >= 15 is 0 Å². The predicted molar refractivity (Wildman–Crippen MR) is 92.3 cm³/mol. The number of nitrogens with zero attached hydrogens (tertiary/aromatic N) is 3. The molecule has 3 aromatic rings. The lowest BCUT2D eigenvalue weighted by Crippen LogP contribution is -2.28. The van der Waals surface area contributed by atoms with Gasteiger partial charge in [0.25, 0.3) is 0 Å². The van der Waals surface area contributed by atoms with Gasteiger partial charge in [-0.2, -0.15) is 13.2 Å². The third kappa shape index (κ3) is 3.87. The van der Waals surface area contributed by atoms with Crippen LogP contribution in [-0.2, 0) is 24.1 Å². The van der Waals surface area contributed by atoms with Crippen molar-refractivity contribution in [1.29, 1.82) is 0 Å². The first-order chi connectivity index (χ1) is 12.4. The lowest BCUT2D eigenvalue weighted by Gasteiger charge is -2.20. The van der Waals surface area contributed by atoms with Crippen LogP contribution in [-0.4, -0.2) is 27.4 Å². The minimum absolute atomic E-state index is 0.0841. The number of halogens is 3. The Morgan fingerprint density at radius 3 is 2.58 bits per heavy atom. The van der Waals surface area contributed by atoms with Gasteiger partial charge in [0, 0.05) is 26.6 Å². The largest absolute Gasteiger partial charge is 0.416 e. The zero-order valence-electron chi connectivity index (χ0n) is 14.2. The summed E-state index contributed by atoms with van der Waals surface area (Å²) >= 11 is 0. The maximum Gasteiger partial charge on any atom is 0.416 e. The summed E-state index contributed by atoms with van der Waals surface area (Å²) in [5.41, 5.74) is 1.14. The van der Waals surface area contributed by atoms with Crippen LogP contribution in [0.3, 0.4) is 0 Å². The van der Waals surface area contributed by atoms with E-state index in [0.717, 1.165) is 17.1 Å². The van der Waals surface area contributed by atoms with Gasteiger partial charge in [-0.15, -0.1) is 0 Å². The average molecular weight is 361 g/mol. The van der Waals surface area contributed by atoms with E-state index in [1.807, 2.05) is 28.8 Å². The van der Waals surface area contributed by atoms with Crippen LogP contribution in [0.1, 0.15) is 17.5 Å². The minimum atomic E-state index is -4.43. The minimum Gasteiger partial charge on any atom is -0.341 e. The second kappa shape index (κ2) is 7.19. The summed E-state index contributed by atoms with van der Waals surface area (Å²) in [6.07, 6.45) is -2.59. The molecule has 0 saturated carbocycles. The van der Waals surface area contributed by atoms with Gasteiger partial charge < -0.3 is 9.47 Å². The molecule has 136 valence electrons. The molecular formula is C19H18F3N3O. The smallest absolute Gasteiger partial charge is 0.341 e. The summed E-state index contributed by atoms with van der Waals surface area (Å²) in [4.78, 5) is 17.9. The van der Waals surface area contributed by atoms with Crippen molar-refractivity contribution >= 4 is 16.9 Å². The summed E-state index contributed by atoms with van der Waals surface area (Å²) < 4.78 is 41.1. The van der Waals surface area contributed by atoms with Gasteiger partial charge in [-0.3, -0.25) is 4.79 Å². The molecule has 0 fully saturated rings. The first-order valence-electron chi connectivity index (χ1n) is 8.15. The van der Waals surface area contributed by atoms with E-state index in [1.165, 1.54) is 24.1 Å². The summed E-state index contributed by atoms with van der Waals surface area (Å²) in [6.45, 7) is 0.337. The number of carbonyl (C=O) groups excluding carboxylic acids is 1. The number of fused-ring (bicyclic) bond motifs is 1. The third-order valence-electron chi connectivity index (χ3n) is 4.25. The van der Waals surface area contributed by atoms with E-state index in [0.29, 0.717) is 6.54 Å². The Labute approximate surface area is 148 Å². The molecule has 1 aromatic heterocycles. The number of para-hydroxylation sites is 2. The summed E-state index contributed by atoms with van der Waals surface area (Å²) in [7, 11) is 1.52. The average Bonchev–Trinajstić information content (AvgIpc) is 3.02. The molecule has 0 bridgehead atoms. The van der Waals surface area contributed by atoms with Crippen molar-refractivity contribution < 1.29 is 18.0 Å². The number of hydrogen-bond donors (Lipinski definition) is 0. The van der Waals surface area contributed by atoms with Crippen LogP contribution in [0.25, 0.3) is 11.0 Å². The van der Waals surface area contributed by atoms with Crippen LogP contribution in [0.5, 0.6) is 0 Å². The van der Waals surface area contributed by atoms with Crippen molar-refractivity contribution in [2.24, 2.45) is 0 Å². The van der Waals surface area contributed by atoms with Gasteiger partial charge in [-0.1, -0.05) is 30.3 Å². The van der Waals surface area contributed by atoms with Gasteiger partial charge in [0.1, 0.15) is 0 Å². The molecule has 0 radical (unpaired) electrons. The van der Waals surface area contributed by atoms with Gasteiger partial charge in [-0.25, -0.2) is 4.98 Å². The van der Waals surface area contributed by atoms with Crippen molar-refractivity contribution in [1.82, 2.24) is 14.5 Å². The molecule has 0 N–H and O–H groups in total. The van der Waals surface area contributed by atoms with Crippen molar-refractivity contribution in [3.63, 3.8) is 0 Å². The molecule has 0 aliphatic carbocycles. The highest BCUT2D eigenvalue weighted by molar-refractivity contribution is 5.77. The lowest BCUT2D eigenvalue weighted by molar-refractivity contribution is -0.139. The molecule has 1 heterocycles. The maximum atomic E-state index is 13.1. The van der Waals surface area contributed by atoms with E-state index in [9.17, 15) is 18.0 Å². The normalized spacial score (nSPS) is 11.7. The molecule has 26 heavy (non-hydrogen) atoms. The quantitative estimate of drug-likeness (QED) is 0.686. The fraction of sp³-hybridized carbons (Fsp3) is 0.263. The van der Waals surface area contributed by atoms with E-state index in [4.69, 9.17) is 0 Å². The zero-order valence-corrected chi connectivity index (χ0v) is 14.2. The van der Waals surface area contributed by atoms with Crippen LogP contribution >= 0.6 is 0 Å². The van der Waals surface area contributed by atoms with E-state index in [-0.39, 0.29) is 24.4 Å². The van der Waals surface area contributed by atoms with Gasteiger partial charge in [0.2, 0.25) is 5.91 Å². The Kier molecular flexibility index (Phi) is 4.97. The molecule has 0 aliphatic heterocycles. The van der Waals surface area contributed by atoms with Gasteiger partial charge in [0.05, 0.1) is 22.9 Å². The Morgan fingerprint density at radius 2 is 1.81 bits per heavy atom. The van der Waals surface area contributed by atoms with Crippen molar-refractivity contribution in [2.45, 2.75) is 25.7 Å². The number of alkyl halides is 3. The fourth-order valence-electron chi connectivity index (χ4n) is 2.87. The first-order valence-corrected chi connectivity index (χ1v) is 8.15. The highest BCUT2D eigenvalue weighted by Gasteiger charge is 2.33. The third-order valence-corrected chi connectivity index (χ3v) is 4.25. The lowest BCUT2D eigenvalue weighted by atomic mass is 10.1. The Hall–Kier alpha value is -2.83. The molecular weight excluding hydrogens is 343 g/mol. The molecule has 4 nitrogen and oxygen atoms in total. The number of benzene rings is 2. The number of aromatic nitrogens is 2. The highest BCUT2D eigenvalue weighted by atomic mass is 19.4. The van der Waals surface area contributed by atoms with Crippen LogP contribution in [0.15, 0.2) is 54.9 Å². The summed E-state index contributed by atoms with van der Waals surface area (Å²) in [6, 6.07) is 12.9. The number of aryl methyl sites for hydroxylation is 1. The zero-order chi connectivity index (χ0) is 18.7. The van der Waals surface area contributed by atoms with Crippen LogP contribution < -0.4 is 0 Å². The SMILES string of the molecule is CN(Cc1ccccc1C(F)(F)F)C(=O)CCn1cnc2ccccc21. The van der Waals surface area contributed by atoms with Crippen molar-refractivity contribution in [3.05, 3.63) is 66.0 Å². The molecule has 3 rings (SSSR count). The summed E-state index contributed by atoms with van der Waals surface area (Å²) in [5.74, 6) is -0.222. The number of hydrogen-bond acceptors (Lipinski definition) is 2. The van der Waals surface area contributed by atoms with Crippen LogP contribution in [0.2, 0.25) is 0 Å². The predicted octanol–water partition coefficient (Wildman–Crippen LogP) is 4.10. The Bertz CT molecular complexity index is 918. The molecule has 0 unspecified atom stereocenters. The monoisotopic (exact) mass is 361 g/mol. The molecule has 7 heteroatoms. The molecule has 0 spiro atoms. The Morgan fingerprint density at radius 1 is 1.12 bits per heavy atom. The van der Waals surface area contributed by atoms with Gasteiger partial charge in [0.15, 0.2) is 0 Å². The van der Waals surface area contributed by atoms with E-state index in [1.54, 1.807) is 12.4 Å². The van der Waals surface area contributed by atoms with E-state index in [2.05, 4.69) is 4.98 Å². The number of amides is 1. The number of carbonyl (C=O) groups is 1. The molecule has 2 aromatic carbocycles. The Balaban J connectivity index is 1.66. The molecule has 1 amide bonds. The van der Waals surface area contributed by atoms with Crippen LogP contribution in [0.4, 0.5) is 13.2 Å². The van der Waals surface area contributed by atoms with Gasteiger partial charge >= 0.3 is 6.18 Å². The number of imidazole rings is 1. The molecule has 0 aliphatic rings. The summed E-state index contributed by atoms with van der Waals surface area (Å²) in [5, 5.41) is 0. The van der Waals surface area contributed by atoms with E-state index < -0.39 is 11.7 Å². The topological polar surface area (TPSA) is 38.1 Å². The standard InChI is InChI=1S/C19H18F3N3O/c1-24(12-14-6-2-3-7-15(14)19(20,21)22)18(26)10-11-25-13-23-16-8-4-5-9-17(16)25/h2-9,13H,10-12H2,1H3. The van der Waals surface area contributed by atoms with Crippen molar-refractivity contribution in [2.75, 3.05) is 7.05 Å². The fourth-order valence-corrected chi connectivity index (χ4v) is 2.87. The maximum absolute atomic E-state index is 13.1.